The van der Waals surface area contributed by atoms with Crippen LogP contribution in [-0.4, -0.2) is 60.0 Å². The van der Waals surface area contributed by atoms with Crippen molar-refractivity contribution >= 4 is 29.9 Å². The third-order valence-electron chi connectivity index (χ3n) is 4.65. The first-order valence-electron chi connectivity index (χ1n) is 8.42. The zero-order valence-electron chi connectivity index (χ0n) is 15.7. The first-order valence-corrected chi connectivity index (χ1v) is 8.42. The van der Waals surface area contributed by atoms with Crippen molar-refractivity contribution in [3.05, 3.63) is 17.0 Å². The Morgan fingerprint density at radius 2 is 2.00 bits per heavy atom. The van der Waals surface area contributed by atoms with Crippen molar-refractivity contribution in [1.82, 2.24) is 25.3 Å². The van der Waals surface area contributed by atoms with E-state index in [0.29, 0.717) is 32.1 Å². The maximum Gasteiger partial charge on any atom is 0.401 e. The van der Waals surface area contributed by atoms with Crippen LogP contribution >= 0.6 is 24.0 Å². The number of rotatable bonds is 5. The van der Waals surface area contributed by atoms with Crippen LogP contribution in [0.1, 0.15) is 23.4 Å². The van der Waals surface area contributed by atoms with Crippen molar-refractivity contribution in [3.63, 3.8) is 0 Å². The number of nitrogens with zero attached hydrogens (tertiary/aromatic N) is 4. The minimum absolute atomic E-state index is 0. The van der Waals surface area contributed by atoms with Crippen LogP contribution in [0.25, 0.3) is 0 Å². The van der Waals surface area contributed by atoms with E-state index in [1.54, 1.807) is 7.05 Å². The number of nitrogens with one attached hydrogen (secondary N) is 2. The molecule has 1 aromatic rings. The number of hydrogen-bond donors (Lipinski definition) is 2. The van der Waals surface area contributed by atoms with Gasteiger partial charge in [-0.3, -0.25) is 14.6 Å². The Morgan fingerprint density at radius 1 is 1.31 bits per heavy atom. The molecule has 1 unspecified atom stereocenters. The SMILES string of the molecule is CN=C(NCc1c(C)nn(C)c1C)NCC1CCN(CC(F)(F)F)C1.I. The van der Waals surface area contributed by atoms with Crippen LogP contribution in [0, 0.1) is 19.8 Å². The van der Waals surface area contributed by atoms with E-state index >= 15 is 0 Å². The van der Waals surface area contributed by atoms with Gasteiger partial charge in [-0.1, -0.05) is 0 Å². The third kappa shape index (κ3) is 6.60. The van der Waals surface area contributed by atoms with Gasteiger partial charge in [0.25, 0.3) is 0 Å². The number of hydrogen-bond acceptors (Lipinski definition) is 3. The van der Waals surface area contributed by atoms with E-state index in [1.165, 1.54) is 4.90 Å². The van der Waals surface area contributed by atoms with Gasteiger partial charge in [0.2, 0.25) is 0 Å². The highest BCUT2D eigenvalue weighted by molar-refractivity contribution is 14.0. The summed E-state index contributed by atoms with van der Waals surface area (Å²) in [7, 11) is 3.59. The minimum atomic E-state index is -4.13. The Hall–Kier alpha value is -1.04. The van der Waals surface area contributed by atoms with Gasteiger partial charge >= 0.3 is 6.18 Å². The molecule has 26 heavy (non-hydrogen) atoms. The van der Waals surface area contributed by atoms with Gasteiger partial charge in [-0.05, 0) is 32.7 Å². The van der Waals surface area contributed by atoms with Crippen LogP contribution in [-0.2, 0) is 13.6 Å². The Bertz CT molecular complexity index is 614. The van der Waals surface area contributed by atoms with E-state index in [9.17, 15) is 13.2 Å². The molecule has 150 valence electrons. The molecule has 1 fully saturated rings. The fraction of sp³-hybridized carbons (Fsp3) is 0.750. The quantitative estimate of drug-likeness (QED) is 0.379. The van der Waals surface area contributed by atoms with Gasteiger partial charge in [0.15, 0.2) is 5.96 Å². The predicted octanol–water partition coefficient (Wildman–Crippen LogP) is 2.20. The van der Waals surface area contributed by atoms with Gasteiger partial charge in [0, 0.05) is 45.0 Å². The van der Waals surface area contributed by atoms with E-state index in [0.717, 1.165) is 23.4 Å². The molecule has 0 aromatic carbocycles. The third-order valence-corrected chi connectivity index (χ3v) is 4.65. The van der Waals surface area contributed by atoms with Crippen LogP contribution < -0.4 is 10.6 Å². The van der Waals surface area contributed by atoms with Crippen LogP contribution in [0.2, 0.25) is 0 Å². The van der Waals surface area contributed by atoms with Crippen LogP contribution in [0.5, 0.6) is 0 Å². The lowest BCUT2D eigenvalue weighted by atomic mass is 10.1. The highest BCUT2D eigenvalue weighted by Crippen LogP contribution is 2.22. The maximum absolute atomic E-state index is 12.4. The summed E-state index contributed by atoms with van der Waals surface area (Å²) in [6.45, 7) is 5.33. The van der Waals surface area contributed by atoms with E-state index in [1.807, 2.05) is 25.6 Å². The summed E-state index contributed by atoms with van der Waals surface area (Å²) in [5.41, 5.74) is 3.20. The highest BCUT2D eigenvalue weighted by atomic mass is 127. The second kappa shape index (κ2) is 9.77. The summed E-state index contributed by atoms with van der Waals surface area (Å²) in [6, 6.07) is 0. The van der Waals surface area contributed by atoms with Crippen molar-refractivity contribution in [2.75, 3.05) is 33.2 Å². The lowest BCUT2D eigenvalue weighted by Crippen LogP contribution is -2.40. The van der Waals surface area contributed by atoms with Crippen molar-refractivity contribution < 1.29 is 13.2 Å². The molecule has 0 aliphatic carbocycles. The highest BCUT2D eigenvalue weighted by Gasteiger charge is 2.34. The maximum atomic E-state index is 12.4. The molecular weight excluding hydrogens is 460 g/mol. The van der Waals surface area contributed by atoms with Crippen molar-refractivity contribution in [2.24, 2.45) is 18.0 Å². The number of aryl methyl sites for hydroxylation is 2. The Kier molecular flexibility index (Phi) is 8.64. The molecule has 1 aliphatic heterocycles. The molecule has 1 aromatic heterocycles. The first-order chi connectivity index (χ1) is 11.7. The molecule has 1 saturated heterocycles. The number of alkyl halides is 3. The van der Waals surface area contributed by atoms with Gasteiger partial charge in [-0.25, -0.2) is 0 Å². The minimum Gasteiger partial charge on any atom is -0.356 e. The van der Waals surface area contributed by atoms with Crippen LogP contribution in [0.3, 0.4) is 0 Å². The smallest absolute Gasteiger partial charge is 0.356 e. The topological polar surface area (TPSA) is 57.5 Å². The molecule has 0 amide bonds. The Labute approximate surface area is 169 Å². The zero-order valence-corrected chi connectivity index (χ0v) is 18.0. The summed E-state index contributed by atoms with van der Waals surface area (Å²) in [5.74, 6) is 0.847. The van der Waals surface area contributed by atoms with Crippen LogP contribution in [0.15, 0.2) is 4.99 Å². The lowest BCUT2D eigenvalue weighted by Gasteiger charge is -2.18. The Morgan fingerprint density at radius 3 is 2.54 bits per heavy atom. The molecular formula is C16H28F3IN6. The standard InChI is InChI=1S/C16H27F3N6.HI/c1-11-14(12(2)24(4)23-11)8-22-15(20-3)21-7-13-5-6-25(9-13)10-16(17,18)19;/h13H,5-10H2,1-4H3,(H2,20,21,22);1H. The normalized spacial score (nSPS) is 18.7. The second-order valence-corrected chi connectivity index (χ2v) is 6.58. The van der Waals surface area contributed by atoms with Gasteiger partial charge in [0.05, 0.1) is 12.2 Å². The first kappa shape index (κ1) is 23.0. The van der Waals surface area contributed by atoms with E-state index < -0.39 is 12.7 Å². The average molecular weight is 488 g/mol. The molecule has 1 atom stereocenters. The van der Waals surface area contributed by atoms with E-state index in [-0.39, 0.29) is 29.9 Å². The number of likely N-dealkylation sites (tertiary alicyclic amines) is 1. The number of halogens is 4. The number of aromatic nitrogens is 2. The van der Waals surface area contributed by atoms with Gasteiger partial charge < -0.3 is 10.6 Å². The summed E-state index contributed by atoms with van der Waals surface area (Å²) < 4.78 is 39.2. The molecule has 2 heterocycles. The molecule has 2 N–H and O–H groups in total. The van der Waals surface area contributed by atoms with Crippen molar-refractivity contribution in [2.45, 2.75) is 33.0 Å². The lowest BCUT2D eigenvalue weighted by molar-refractivity contribution is -0.143. The van der Waals surface area contributed by atoms with E-state index in [2.05, 4.69) is 20.7 Å². The number of guanidine groups is 1. The van der Waals surface area contributed by atoms with Gasteiger partial charge in [0.1, 0.15) is 0 Å². The fourth-order valence-corrected chi connectivity index (χ4v) is 3.18. The van der Waals surface area contributed by atoms with Crippen molar-refractivity contribution in [3.8, 4) is 0 Å². The largest absolute Gasteiger partial charge is 0.401 e. The molecule has 10 heteroatoms. The zero-order chi connectivity index (χ0) is 18.6. The second-order valence-electron chi connectivity index (χ2n) is 6.58. The monoisotopic (exact) mass is 488 g/mol. The van der Waals surface area contributed by atoms with Gasteiger partial charge in [-0.2, -0.15) is 18.3 Å². The Balaban J connectivity index is 0.00000338. The average Bonchev–Trinajstić information content (AvgIpc) is 3.04. The summed E-state index contributed by atoms with van der Waals surface area (Å²) in [4.78, 5) is 5.65. The summed E-state index contributed by atoms with van der Waals surface area (Å²) in [6.07, 6.45) is -3.36. The molecule has 6 nitrogen and oxygen atoms in total. The molecule has 0 bridgehead atoms. The van der Waals surface area contributed by atoms with Crippen LogP contribution in [0.4, 0.5) is 13.2 Å². The molecule has 1 aliphatic rings. The van der Waals surface area contributed by atoms with E-state index in [4.69, 9.17) is 0 Å². The van der Waals surface area contributed by atoms with Gasteiger partial charge in [-0.15, -0.1) is 24.0 Å². The molecule has 0 saturated carbocycles. The predicted molar refractivity (Wildman–Crippen MR) is 107 cm³/mol. The van der Waals surface area contributed by atoms with Crippen molar-refractivity contribution in [1.29, 1.82) is 0 Å². The number of aliphatic imine (C=N–C) groups is 1. The molecule has 0 spiro atoms. The fourth-order valence-electron chi connectivity index (χ4n) is 3.18. The summed E-state index contributed by atoms with van der Waals surface area (Å²) >= 11 is 0. The molecule has 0 radical (unpaired) electrons. The molecule has 2 rings (SSSR count). The summed E-state index contributed by atoms with van der Waals surface area (Å²) in [5, 5.41) is 10.8.